The van der Waals surface area contributed by atoms with Gasteiger partial charge in [0.15, 0.2) is 4.96 Å². The molecule has 2 aliphatic rings. The van der Waals surface area contributed by atoms with E-state index in [1.165, 1.54) is 21.9 Å². The van der Waals surface area contributed by atoms with Crippen LogP contribution >= 0.6 is 11.3 Å². The van der Waals surface area contributed by atoms with E-state index < -0.39 is 5.60 Å². The second-order valence-electron chi connectivity index (χ2n) is 6.74. The smallest absolute Gasteiger partial charge is 0.271 e. The fourth-order valence-electron chi connectivity index (χ4n) is 3.75. The number of aliphatic hydroxyl groups is 1. The zero-order valence-electron chi connectivity index (χ0n) is 12.9. The van der Waals surface area contributed by atoms with Gasteiger partial charge in [0, 0.05) is 30.2 Å². The maximum atomic E-state index is 12.8. The highest BCUT2D eigenvalue weighted by atomic mass is 32.1. The summed E-state index contributed by atoms with van der Waals surface area (Å²) < 4.78 is 1.40. The number of hydrogen-bond donors (Lipinski definition) is 1. The first kappa shape index (κ1) is 14.8. The molecule has 1 amide bonds. The molecule has 2 aromatic rings. The zero-order valence-corrected chi connectivity index (χ0v) is 13.8. The number of carbonyl (C=O) groups is 1. The van der Waals surface area contributed by atoms with Crippen molar-refractivity contribution < 1.29 is 9.90 Å². The molecule has 23 heavy (non-hydrogen) atoms. The number of thiazole rings is 1. The molecule has 0 radical (unpaired) electrons. The van der Waals surface area contributed by atoms with Gasteiger partial charge in [0.05, 0.1) is 12.1 Å². The third-order valence-electron chi connectivity index (χ3n) is 5.46. The number of β-amino-alcohol motifs (C(OH)–C–C–N with tert-alkyl or cyclic N) is 1. The number of likely N-dealkylation sites (tertiary alicyclic amines) is 1. The lowest BCUT2D eigenvalue weighted by atomic mass is 9.69. The minimum atomic E-state index is -0.815. The van der Waals surface area contributed by atoms with Crippen LogP contribution in [0.25, 0.3) is 4.96 Å². The van der Waals surface area contributed by atoms with E-state index in [9.17, 15) is 14.7 Å². The van der Waals surface area contributed by atoms with Gasteiger partial charge in [0.25, 0.3) is 11.5 Å². The Morgan fingerprint density at radius 3 is 2.96 bits per heavy atom. The third-order valence-corrected chi connectivity index (χ3v) is 6.23. The lowest BCUT2D eigenvalue weighted by Gasteiger charge is -2.41. The van der Waals surface area contributed by atoms with E-state index in [2.05, 4.69) is 4.98 Å². The number of fused-ring (bicyclic) bond motifs is 1. The van der Waals surface area contributed by atoms with E-state index in [0.29, 0.717) is 18.1 Å². The molecule has 0 bridgehead atoms. The van der Waals surface area contributed by atoms with Crippen LogP contribution in [0.15, 0.2) is 22.6 Å². The maximum Gasteiger partial charge on any atom is 0.271 e. The quantitative estimate of drug-likeness (QED) is 0.901. The van der Waals surface area contributed by atoms with Crippen molar-refractivity contribution in [3.8, 4) is 0 Å². The summed E-state index contributed by atoms with van der Waals surface area (Å²) in [6.07, 6.45) is 6.18. The summed E-state index contributed by atoms with van der Waals surface area (Å²) in [6.45, 7) is 2.78. The monoisotopic (exact) mass is 333 g/mol. The second kappa shape index (κ2) is 5.14. The van der Waals surface area contributed by atoms with Crippen molar-refractivity contribution >= 4 is 22.2 Å². The van der Waals surface area contributed by atoms with Crippen LogP contribution in [0, 0.1) is 11.8 Å². The SMILES string of the molecule is CC1CN(C(=O)c2cnc3sccn3c2=O)CC1(O)C1CCC1. The van der Waals surface area contributed by atoms with Gasteiger partial charge in [0.2, 0.25) is 0 Å². The molecule has 1 aliphatic carbocycles. The van der Waals surface area contributed by atoms with Gasteiger partial charge in [-0.05, 0) is 18.8 Å². The lowest BCUT2D eigenvalue weighted by molar-refractivity contribution is -0.0660. The number of carbonyl (C=O) groups excluding carboxylic acids is 1. The highest BCUT2D eigenvalue weighted by Gasteiger charge is 2.51. The largest absolute Gasteiger partial charge is 0.387 e. The van der Waals surface area contributed by atoms with E-state index in [4.69, 9.17) is 0 Å². The standard InChI is InChI=1S/C16H19N3O3S/c1-10-8-18(9-16(10,22)11-3-2-4-11)13(20)12-7-17-15-19(14(12)21)5-6-23-15/h5-7,10-11,22H,2-4,8-9H2,1H3. The molecule has 2 fully saturated rings. The third kappa shape index (κ3) is 2.14. The molecule has 7 heteroatoms. The Balaban J connectivity index is 1.64. The summed E-state index contributed by atoms with van der Waals surface area (Å²) in [6, 6.07) is 0. The van der Waals surface area contributed by atoms with E-state index in [0.717, 1.165) is 19.3 Å². The summed E-state index contributed by atoms with van der Waals surface area (Å²) in [5, 5.41) is 12.7. The van der Waals surface area contributed by atoms with Crippen molar-refractivity contribution in [2.24, 2.45) is 11.8 Å². The van der Waals surface area contributed by atoms with Crippen LogP contribution in [0.2, 0.25) is 0 Å². The summed E-state index contributed by atoms with van der Waals surface area (Å²) >= 11 is 1.36. The topological polar surface area (TPSA) is 74.9 Å². The van der Waals surface area contributed by atoms with Gasteiger partial charge in [0.1, 0.15) is 5.56 Å². The van der Waals surface area contributed by atoms with E-state index in [-0.39, 0.29) is 28.9 Å². The Hall–Kier alpha value is -1.73. The molecule has 2 unspecified atom stereocenters. The van der Waals surface area contributed by atoms with E-state index >= 15 is 0 Å². The Kier molecular flexibility index (Phi) is 3.32. The molecule has 2 aromatic heterocycles. The number of rotatable bonds is 2. The molecule has 1 aliphatic heterocycles. The predicted octanol–water partition coefficient (Wildman–Crippen LogP) is 1.38. The first-order valence-corrected chi connectivity index (χ1v) is 8.85. The molecular formula is C16H19N3O3S. The fraction of sp³-hybridized carbons (Fsp3) is 0.562. The molecule has 0 spiro atoms. The van der Waals surface area contributed by atoms with Gasteiger partial charge in [-0.25, -0.2) is 4.98 Å². The van der Waals surface area contributed by atoms with Crippen molar-refractivity contribution in [3.05, 3.63) is 33.7 Å². The summed E-state index contributed by atoms with van der Waals surface area (Å²) in [5.74, 6) is -0.0311. The van der Waals surface area contributed by atoms with Gasteiger partial charge >= 0.3 is 0 Å². The highest BCUT2D eigenvalue weighted by molar-refractivity contribution is 7.15. The molecule has 1 N–H and O–H groups in total. The molecular weight excluding hydrogens is 314 g/mol. The molecule has 1 saturated carbocycles. The number of aromatic nitrogens is 2. The highest BCUT2D eigenvalue weighted by Crippen LogP contribution is 2.44. The number of nitrogens with zero attached hydrogens (tertiary/aromatic N) is 3. The molecule has 2 atom stereocenters. The van der Waals surface area contributed by atoms with E-state index in [1.807, 2.05) is 6.92 Å². The minimum absolute atomic E-state index is 0.0253. The fourth-order valence-corrected chi connectivity index (χ4v) is 4.43. The normalized spacial score (nSPS) is 28.3. The van der Waals surface area contributed by atoms with Crippen LogP contribution in [0.5, 0.6) is 0 Å². The average Bonchev–Trinajstić information content (AvgIpc) is 3.03. The zero-order chi connectivity index (χ0) is 16.2. The van der Waals surface area contributed by atoms with E-state index in [1.54, 1.807) is 16.5 Å². The summed E-state index contributed by atoms with van der Waals surface area (Å²) in [7, 11) is 0. The van der Waals surface area contributed by atoms with Gasteiger partial charge in [-0.3, -0.25) is 14.0 Å². The van der Waals surface area contributed by atoms with Crippen molar-refractivity contribution in [2.75, 3.05) is 13.1 Å². The number of amides is 1. The van der Waals surface area contributed by atoms with Crippen LogP contribution in [-0.4, -0.2) is 44.0 Å². The van der Waals surface area contributed by atoms with Crippen molar-refractivity contribution in [1.82, 2.24) is 14.3 Å². The number of hydrogen-bond acceptors (Lipinski definition) is 5. The summed E-state index contributed by atoms with van der Waals surface area (Å²) in [4.78, 5) is 31.6. The van der Waals surface area contributed by atoms with Crippen molar-refractivity contribution in [2.45, 2.75) is 31.8 Å². The predicted molar refractivity (Wildman–Crippen MR) is 86.7 cm³/mol. The van der Waals surface area contributed by atoms with Gasteiger partial charge in [-0.15, -0.1) is 11.3 Å². The van der Waals surface area contributed by atoms with Crippen molar-refractivity contribution in [1.29, 1.82) is 0 Å². The Labute approximate surface area is 137 Å². The van der Waals surface area contributed by atoms with Crippen LogP contribution in [0.4, 0.5) is 0 Å². The van der Waals surface area contributed by atoms with Gasteiger partial charge in [-0.1, -0.05) is 13.3 Å². The molecule has 3 heterocycles. The molecule has 0 aromatic carbocycles. The average molecular weight is 333 g/mol. The van der Waals surface area contributed by atoms with Crippen molar-refractivity contribution in [3.63, 3.8) is 0 Å². The van der Waals surface area contributed by atoms with Crippen LogP contribution in [0.3, 0.4) is 0 Å². The van der Waals surface area contributed by atoms with Crippen LogP contribution in [0.1, 0.15) is 36.5 Å². The Morgan fingerprint density at radius 2 is 2.26 bits per heavy atom. The Morgan fingerprint density at radius 1 is 1.48 bits per heavy atom. The maximum absolute atomic E-state index is 12.8. The molecule has 6 nitrogen and oxygen atoms in total. The second-order valence-corrected chi connectivity index (χ2v) is 7.61. The molecule has 122 valence electrons. The first-order valence-electron chi connectivity index (χ1n) is 7.97. The minimum Gasteiger partial charge on any atom is -0.387 e. The van der Waals surface area contributed by atoms with Crippen LogP contribution < -0.4 is 5.56 Å². The van der Waals surface area contributed by atoms with Crippen LogP contribution in [-0.2, 0) is 0 Å². The van der Waals surface area contributed by atoms with Gasteiger partial charge < -0.3 is 10.0 Å². The molecule has 1 saturated heterocycles. The molecule has 4 rings (SSSR count). The Bertz CT molecular complexity index is 825. The lowest BCUT2D eigenvalue weighted by Crippen LogP contribution is -2.48. The van der Waals surface area contributed by atoms with Gasteiger partial charge in [-0.2, -0.15) is 0 Å². The first-order chi connectivity index (χ1) is 11.0. The summed E-state index contributed by atoms with van der Waals surface area (Å²) in [5.41, 5.74) is -1.08.